The van der Waals surface area contributed by atoms with Gasteiger partial charge in [-0.05, 0) is 63.2 Å². The van der Waals surface area contributed by atoms with Gasteiger partial charge >= 0.3 is 0 Å². The maximum atomic E-state index is 11.9. The normalized spacial score (nSPS) is 54.3. The van der Waals surface area contributed by atoms with E-state index >= 15 is 0 Å². The van der Waals surface area contributed by atoms with E-state index in [9.17, 15) is 4.79 Å². The van der Waals surface area contributed by atoms with Crippen LogP contribution in [-0.2, 0) is 4.79 Å². The van der Waals surface area contributed by atoms with Crippen molar-refractivity contribution in [2.45, 2.75) is 63.5 Å². The molecule has 0 N–H and O–H groups in total. The Morgan fingerprint density at radius 1 is 1.06 bits per heavy atom. The first-order valence-electron chi connectivity index (χ1n) is 6.98. The molecule has 4 saturated carbocycles. The van der Waals surface area contributed by atoms with Gasteiger partial charge in [0.1, 0.15) is 0 Å². The number of hydrogen-bond acceptors (Lipinski definition) is 1. The number of amides is 1. The quantitative estimate of drug-likeness (QED) is 0.621. The number of rotatable bonds is 1. The second kappa shape index (κ2) is 2.83. The van der Waals surface area contributed by atoms with Crippen LogP contribution in [0.1, 0.15) is 51.9 Å². The van der Waals surface area contributed by atoms with Gasteiger partial charge in [-0.25, -0.2) is 0 Å². The Balaban J connectivity index is 1.68. The number of nitrogens with zero attached hydrogens (tertiary/aromatic N) is 1. The van der Waals surface area contributed by atoms with Gasteiger partial charge in [0, 0.05) is 18.0 Å². The zero-order valence-corrected chi connectivity index (χ0v) is 10.1. The first-order chi connectivity index (χ1) is 7.66. The van der Waals surface area contributed by atoms with E-state index in [1.807, 2.05) is 0 Å². The number of carbonyl (C=O) groups is 1. The Morgan fingerprint density at radius 2 is 1.56 bits per heavy atom. The first-order valence-corrected chi connectivity index (χ1v) is 6.98. The Morgan fingerprint density at radius 3 is 1.94 bits per heavy atom. The van der Waals surface area contributed by atoms with Crippen molar-refractivity contribution in [3.8, 4) is 0 Å². The van der Waals surface area contributed by atoms with Crippen LogP contribution in [0.4, 0.5) is 0 Å². The highest BCUT2D eigenvalue weighted by Crippen LogP contribution is 2.59. The smallest absolute Gasteiger partial charge is 0.225 e. The molecular weight excluding hydrogens is 198 g/mol. The molecule has 88 valence electrons. The van der Waals surface area contributed by atoms with Crippen LogP contribution in [0.15, 0.2) is 0 Å². The van der Waals surface area contributed by atoms with Gasteiger partial charge in [-0.3, -0.25) is 4.79 Å². The van der Waals surface area contributed by atoms with Crippen LogP contribution in [0.2, 0.25) is 0 Å². The Bertz CT molecular complexity index is 313. The van der Waals surface area contributed by atoms with Gasteiger partial charge in [0.2, 0.25) is 5.91 Å². The molecule has 5 fully saturated rings. The molecule has 2 nitrogen and oxygen atoms in total. The summed E-state index contributed by atoms with van der Waals surface area (Å²) >= 11 is 0. The minimum absolute atomic E-state index is 0.323. The Kier molecular flexibility index (Phi) is 1.68. The van der Waals surface area contributed by atoms with Crippen LogP contribution in [0, 0.1) is 17.8 Å². The lowest BCUT2D eigenvalue weighted by molar-refractivity contribution is -0.173. The van der Waals surface area contributed by atoms with Crippen LogP contribution in [-0.4, -0.2) is 22.4 Å². The molecule has 1 saturated heterocycles. The molecule has 1 amide bonds. The van der Waals surface area contributed by atoms with Gasteiger partial charge in [-0.2, -0.15) is 0 Å². The lowest BCUT2D eigenvalue weighted by Crippen LogP contribution is -2.68. The molecule has 0 spiro atoms. The zero-order valence-electron chi connectivity index (χ0n) is 10.1. The summed E-state index contributed by atoms with van der Waals surface area (Å²) in [4.78, 5) is 14.2. The Hall–Kier alpha value is -0.530. The molecule has 5 rings (SSSR count). The number of carbonyl (C=O) groups excluding carboxylic acids is 1. The maximum absolute atomic E-state index is 11.9. The molecule has 0 radical (unpaired) electrons. The molecular formula is C14H21NO. The average molecular weight is 219 g/mol. The summed E-state index contributed by atoms with van der Waals surface area (Å²) in [5.41, 5.74) is 0.323. The molecule has 0 aromatic heterocycles. The third kappa shape index (κ3) is 1.06. The summed E-state index contributed by atoms with van der Waals surface area (Å²) in [7, 11) is 0. The molecule has 5 aliphatic rings. The first kappa shape index (κ1) is 9.49. The third-order valence-electron chi connectivity index (χ3n) is 5.70. The van der Waals surface area contributed by atoms with Gasteiger partial charge in [0.15, 0.2) is 0 Å². The van der Waals surface area contributed by atoms with Gasteiger partial charge in [-0.1, -0.05) is 0 Å². The fourth-order valence-electron chi connectivity index (χ4n) is 5.67. The summed E-state index contributed by atoms with van der Waals surface area (Å²) in [5, 5.41) is 0. The Labute approximate surface area is 97.4 Å². The molecule has 0 aromatic carbocycles. The molecule has 0 aromatic rings. The minimum atomic E-state index is 0.323. The molecule has 4 aliphatic carbocycles. The van der Waals surface area contributed by atoms with Gasteiger partial charge in [0.25, 0.3) is 0 Å². The summed E-state index contributed by atoms with van der Waals surface area (Å²) in [6, 6.07) is 0.531. The second-order valence-electron chi connectivity index (χ2n) is 6.96. The predicted molar refractivity (Wildman–Crippen MR) is 61.8 cm³/mol. The molecule has 1 unspecified atom stereocenters. The van der Waals surface area contributed by atoms with E-state index < -0.39 is 0 Å². The SMILES string of the molecule is CC1CC(=O)N1C12CC3CC(CC(C3)C1)C2. The molecule has 4 bridgehead atoms. The van der Waals surface area contributed by atoms with Crippen molar-refractivity contribution >= 4 is 5.91 Å². The molecule has 1 atom stereocenters. The van der Waals surface area contributed by atoms with Crippen LogP contribution >= 0.6 is 0 Å². The van der Waals surface area contributed by atoms with E-state index in [2.05, 4.69) is 11.8 Å². The largest absolute Gasteiger partial charge is 0.334 e. The second-order valence-corrected chi connectivity index (χ2v) is 6.96. The number of likely N-dealkylation sites (tertiary alicyclic amines) is 1. The van der Waals surface area contributed by atoms with E-state index in [4.69, 9.17) is 0 Å². The highest BCUT2D eigenvalue weighted by Gasteiger charge is 2.57. The molecule has 16 heavy (non-hydrogen) atoms. The van der Waals surface area contributed by atoms with Gasteiger partial charge in [-0.15, -0.1) is 0 Å². The predicted octanol–water partition coefficient (Wildman–Crippen LogP) is 2.58. The monoisotopic (exact) mass is 219 g/mol. The molecule has 1 heterocycles. The van der Waals surface area contributed by atoms with Crippen molar-refractivity contribution in [3.63, 3.8) is 0 Å². The van der Waals surface area contributed by atoms with E-state index in [0.717, 1.165) is 24.2 Å². The summed E-state index contributed by atoms with van der Waals surface area (Å²) in [6.45, 7) is 2.24. The maximum Gasteiger partial charge on any atom is 0.225 e. The summed E-state index contributed by atoms with van der Waals surface area (Å²) < 4.78 is 0. The highest BCUT2D eigenvalue weighted by atomic mass is 16.2. The van der Waals surface area contributed by atoms with E-state index in [1.165, 1.54) is 38.5 Å². The van der Waals surface area contributed by atoms with Crippen LogP contribution < -0.4 is 0 Å². The van der Waals surface area contributed by atoms with E-state index in [0.29, 0.717) is 17.5 Å². The summed E-state index contributed by atoms with van der Waals surface area (Å²) in [6.07, 6.45) is 9.20. The van der Waals surface area contributed by atoms with Crippen LogP contribution in [0.3, 0.4) is 0 Å². The van der Waals surface area contributed by atoms with E-state index in [-0.39, 0.29) is 0 Å². The fraction of sp³-hybridized carbons (Fsp3) is 0.929. The molecule has 2 heteroatoms. The van der Waals surface area contributed by atoms with Crippen LogP contribution in [0.5, 0.6) is 0 Å². The standard InChI is InChI=1S/C14H21NO/c1-9-2-13(16)15(9)14-6-10-3-11(7-14)5-12(4-10)8-14/h9-12H,2-8H2,1H3. The van der Waals surface area contributed by atoms with Crippen molar-refractivity contribution in [1.29, 1.82) is 0 Å². The zero-order chi connectivity index (χ0) is 10.9. The minimum Gasteiger partial charge on any atom is -0.334 e. The van der Waals surface area contributed by atoms with Crippen molar-refractivity contribution < 1.29 is 4.79 Å². The van der Waals surface area contributed by atoms with Crippen molar-refractivity contribution in [3.05, 3.63) is 0 Å². The number of β-lactam (4-membered cyclic amide) rings is 1. The summed E-state index contributed by atoms with van der Waals surface area (Å²) in [5.74, 6) is 3.29. The van der Waals surface area contributed by atoms with Crippen molar-refractivity contribution in [1.82, 2.24) is 4.90 Å². The van der Waals surface area contributed by atoms with Gasteiger partial charge < -0.3 is 4.90 Å². The van der Waals surface area contributed by atoms with E-state index in [1.54, 1.807) is 0 Å². The lowest BCUT2D eigenvalue weighted by atomic mass is 9.52. The third-order valence-corrected chi connectivity index (χ3v) is 5.70. The molecule has 1 aliphatic heterocycles. The average Bonchev–Trinajstić information content (AvgIpc) is 2.13. The number of hydrogen-bond donors (Lipinski definition) is 0. The fourth-order valence-corrected chi connectivity index (χ4v) is 5.67. The lowest BCUT2D eigenvalue weighted by Gasteiger charge is -2.64. The van der Waals surface area contributed by atoms with Gasteiger partial charge in [0.05, 0.1) is 0 Å². The topological polar surface area (TPSA) is 20.3 Å². The van der Waals surface area contributed by atoms with Crippen LogP contribution in [0.25, 0.3) is 0 Å². The van der Waals surface area contributed by atoms with Crippen molar-refractivity contribution in [2.75, 3.05) is 0 Å². The van der Waals surface area contributed by atoms with Crippen molar-refractivity contribution in [2.24, 2.45) is 17.8 Å². The highest BCUT2D eigenvalue weighted by molar-refractivity contribution is 5.84.